The molecule has 0 aliphatic heterocycles. The first-order valence-corrected chi connectivity index (χ1v) is 9.94. The third-order valence-electron chi connectivity index (χ3n) is 3.33. The summed E-state index contributed by atoms with van der Waals surface area (Å²) in [6.45, 7) is 0. The monoisotopic (exact) mass is 369 g/mol. The van der Waals surface area contributed by atoms with Gasteiger partial charge in [-0.15, -0.1) is 0 Å². The van der Waals surface area contributed by atoms with Crippen molar-refractivity contribution < 1.29 is 17.7 Å². The standard InChI is InChI=1S/C15H12ClNO4S2/c1-21-11-7-8-13-14(9-11)17(10-15(13)23(16,19)20)22(18)12-5-3-2-4-6-12/h2-10H,1H3. The minimum absolute atomic E-state index is 0.0823. The van der Waals surface area contributed by atoms with Gasteiger partial charge in [-0.3, -0.25) is 0 Å². The lowest BCUT2D eigenvalue weighted by atomic mass is 10.2. The van der Waals surface area contributed by atoms with Crippen molar-refractivity contribution in [2.75, 3.05) is 7.11 Å². The third-order valence-corrected chi connectivity index (χ3v) is 6.01. The molecule has 0 saturated carbocycles. The quantitative estimate of drug-likeness (QED) is 0.523. The van der Waals surface area contributed by atoms with Crippen LogP contribution in [0.1, 0.15) is 0 Å². The number of halogens is 1. The smallest absolute Gasteiger partial charge is 0.263 e. The summed E-state index contributed by atoms with van der Waals surface area (Å²) in [5.41, 5.74) is 0.464. The van der Waals surface area contributed by atoms with E-state index in [-0.39, 0.29) is 4.90 Å². The molecule has 1 heterocycles. The first-order valence-electron chi connectivity index (χ1n) is 6.53. The maximum absolute atomic E-state index is 12.8. The maximum Gasteiger partial charge on any atom is 0.263 e. The van der Waals surface area contributed by atoms with E-state index in [1.165, 1.54) is 17.3 Å². The average molecular weight is 370 g/mol. The first kappa shape index (κ1) is 16.2. The third kappa shape index (κ3) is 3.05. The van der Waals surface area contributed by atoms with Crippen molar-refractivity contribution in [3.05, 3.63) is 54.7 Å². The number of aromatic nitrogens is 1. The second kappa shape index (κ2) is 6.09. The molecular weight excluding hydrogens is 358 g/mol. The highest BCUT2D eigenvalue weighted by molar-refractivity contribution is 8.14. The van der Waals surface area contributed by atoms with E-state index < -0.39 is 20.4 Å². The van der Waals surface area contributed by atoms with Crippen molar-refractivity contribution in [2.24, 2.45) is 0 Å². The van der Waals surface area contributed by atoms with Gasteiger partial charge in [-0.1, -0.05) is 18.2 Å². The molecule has 0 N–H and O–H groups in total. The molecule has 3 rings (SSSR count). The molecule has 8 heteroatoms. The Morgan fingerprint density at radius 3 is 2.48 bits per heavy atom. The summed E-state index contributed by atoms with van der Waals surface area (Å²) in [5, 5.41) is 0.394. The minimum Gasteiger partial charge on any atom is -0.587 e. The van der Waals surface area contributed by atoms with Crippen molar-refractivity contribution in [1.82, 2.24) is 3.97 Å². The largest absolute Gasteiger partial charge is 0.587 e. The highest BCUT2D eigenvalue weighted by Gasteiger charge is 2.25. The van der Waals surface area contributed by atoms with Gasteiger partial charge in [0.05, 0.1) is 13.3 Å². The van der Waals surface area contributed by atoms with E-state index >= 15 is 0 Å². The van der Waals surface area contributed by atoms with Gasteiger partial charge >= 0.3 is 0 Å². The molecule has 0 saturated heterocycles. The normalized spacial score (nSPS) is 13.2. The highest BCUT2D eigenvalue weighted by atomic mass is 35.7. The molecule has 0 amide bonds. The Hall–Kier alpha value is -1.67. The fourth-order valence-electron chi connectivity index (χ4n) is 2.26. The van der Waals surface area contributed by atoms with Crippen LogP contribution >= 0.6 is 10.7 Å². The highest BCUT2D eigenvalue weighted by Crippen LogP contribution is 2.33. The van der Waals surface area contributed by atoms with Gasteiger partial charge in [0.2, 0.25) is 0 Å². The molecule has 0 fully saturated rings. The van der Waals surface area contributed by atoms with Crippen LogP contribution in [0.25, 0.3) is 10.9 Å². The van der Waals surface area contributed by atoms with Gasteiger partial charge in [0.25, 0.3) is 9.05 Å². The SMILES string of the molecule is COc1ccc2c(S(=O)(=O)Cl)cn([S+]([O-])c3ccccc3)c2c1. The lowest BCUT2D eigenvalue weighted by molar-refractivity contribution is 0.415. The van der Waals surface area contributed by atoms with Gasteiger partial charge in [0.1, 0.15) is 27.5 Å². The van der Waals surface area contributed by atoms with Crippen molar-refractivity contribution in [3.8, 4) is 5.75 Å². The Labute approximate surface area is 141 Å². The first-order chi connectivity index (χ1) is 10.9. The predicted molar refractivity (Wildman–Crippen MR) is 89.8 cm³/mol. The molecule has 1 atom stereocenters. The fourth-order valence-corrected chi connectivity index (χ4v) is 4.51. The molecule has 5 nitrogen and oxygen atoms in total. The zero-order chi connectivity index (χ0) is 16.6. The summed E-state index contributed by atoms with van der Waals surface area (Å²) in [4.78, 5) is 0.465. The Balaban J connectivity index is 2.27. The van der Waals surface area contributed by atoms with Crippen molar-refractivity contribution >= 4 is 42.0 Å². The Morgan fingerprint density at radius 1 is 1.17 bits per heavy atom. The van der Waals surface area contributed by atoms with Crippen LogP contribution in [-0.4, -0.2) is 24.1 Å². The zero-order valence-corrected chi connectivity index (χ0v) is 14.4. The topological polar surface area (TPSA) is 71.4 Å². The van der Waals surface area contributed by atoms with Crippen LogP contribution in [0, 0.1) is 0 Å². The summed E-state index contributed by atoms with van der Waals surface area (Å²) in [6, 6.07) is 13.6. The number of nitrogens with zero attached hydrogens (tertiary/aromatic N) is 1. The average Bonchev–Trinajstić information content (AvgIpc) is 2.93. The van der Waals surface area contributed by atoms with E-state index in [9.17, 15) is 13.0 Å². The summed E-state index contributed by atoms with van der Waals surface area (Å²) in [6.07, 6.45) is 1.29. The molecule has 120 valence electrons. The fraction of sp³-hybridized carbons (Fsp3) is 0.0667. The van der Waals surface area contributed by atoms with Crippen LogP contribution in [-0.2, 0) is 20.4 Å². The van der Waals surface area contributed by atoms with E-state index in [0.717, 1.165) is 0 Å². The van der Waals surface area contributed by atoms with E-state index in [1.807, 2.05) is 6.07 Å². The molecule has 23 heavy (non-hydrogen) atoms. The van der Waals surface area contributed by atoms with Crippen LogP contribution in [0.3, 0.4) is 0 Å². The molecule has 0 aliphatic rings. The predicted octanol–water partition coefficient (Wildman–Crippen LogP) is 3.15. The molecule has 0 spiro atoms. The summed E-state index contributed by atoms with van der Waals surface area (Å²) < 4.78 is 42.9. The minimum atomic E-state index is -3.97. The number of methoxy groups -OCH3 is 1. The Kier molecular flexibility index (Phi) is 4.29. The van der Waals surface area contributed by atoms with Crippen LogP contribution < -0.4 is 4.74 Å². The Morgan fingerprint density at radius 2 is 1.87 bits per heavy atom. The second-order valence-electron chi connectivity index (χ2n) is 4.70. The van der Waals surface area contributed by atoms with Crippen molar-refractivity contribution in [1.29, 1.82) is 0 Å². The van der Waals surface area contributed by atoms with Crippen LogP contribution in [0.5, 0.6) is 5.75 Å². The van der Waals surface area contributed by atoms with Gasteiger partial charge in [-0.05, 0) is 24.3 Å². The molecule has 3 aromatic rings. The van der Waals surface area contributed by atoms with E-state index in [0.29, 0.717) is 21.5 Å². The maximum atomic E-state index is 12.8. The summed E-state index contributed by atoms with van der Waals surface area (Å²) in [7, 11) is 3.04. The van der Waals surface area contributed by atoms with Gasteiger partial charge in [0, 0.05) is 22.1 Å². The molecule has 1 unspecified atom stereocenters. The van der Waals surface area contributed by atoms with Gasteiger partial charge in [-0.25, -0.2) is 8.42 Å². The Bertz CT molecular complexity index is 954. The molecule has 1 aromatic heterocycles. The zero-order valence-electron chi connectivity index (χ0n) is 12.0. The lowest BCUT2D eigenvalue weighted by Crippen LogP contribution is -2.11. The van der Waals surface area contributed by atoms with E-state index in [4.69, 9.17) is 15.4 Å². The van der Waals surface area contributed by atoms with Gasteiger partial charge in [-0.2, -0.15) is 3.97 Å². The van der Waals surface area contributed by atoms with Gasteiger partial charge < -0.3 is 9.29 Å². The summed E-state index contributed by atoms with van der Waals surface area (Å²) >= 11 is -1.61. The van der Waals surface area contributed by atoms with E-state index in [1.54, 1.807) is 42.5 Å². The molecule has 0 aliphatic carbocycles. The number of ether oxygens (including phenoxy) is 1. The molecule has 0 radical (unpaired) electrons. The molecular formula is C15H12ClNO4S2. The summed E-state index contributed by atoms with van der Waals surface area (Å²) in [5.74, 6) is 0.528. The lowest BCUT2D eigenvalue weighted by Gasteiger charge is -2.11. The van der Waals surface area contributed by atoms with Crippen LogP contribution in [0.4, 0.5) is 0 Å². The van der Waals surface area contributed by atoms with Crippen LogP contribution in [0.15, 0.2) is 64.5 Å². The van der Waals surface area contributed by atoms with Crippen molar-refractivity contribution in [2.45, 2.75) is 9.79 Å². The van der Waals surface area contributed by atoms with Crippen molar-refractivity contribution in [3.63, 3.8) is 0 Å². The molecule has 0 bridgehead atoms. The van der Waals surface area contributed by atoms with E-state index in [2.05, 4.69) is 0 Å². The molecule has 2 aromatic carbocycles. The number of benzene rings is 2. The number of rotatable bonds is 4. The number of hydrogen-bond acceptors (Lipinski definition) is 4. The van der Waals surface area contributed by atoms with Gasteiger partial charge in [0.15, 0.2) is 4.90 Å². The van der Waals surface area contributed by atoms with Crippen LogP contribution in [0.2, 0.25) is 0 Å². The number of hydrogen-bond donors (Lipinski definition) is 0. The number of fused-ring (bicyclic) bond motifs is 1. The second-order valence-corrected chi connectivity index (χ2v) is 8.60.